The summed E-state index contributed by atoms with van der Waals surface area (Å²) >= 11 is 5.73. The summed E-state index contributed by atoms with van der Waals surface area (Å²) in [6.07, 6.45) is 1.76. The van der Waals surface area contributed by atoms with E-state index in [1.54, 1.807) is 6.92 Å². The van der Waals surface area contributed by atoms with Crippen molar-refractivity contribution < 1.29 is 9.66 Å². The zero-order valence-corrected chi connectivity index (χ0v) is 10.6. The van der Waals surface area contributed by atoms with Gasteiger partial charge in [-0.05, 0) is 25.8 Å². The van der Waals surface area contributed by atoms with Crippen LogP contribution in [-0.4, -0.2) is 22.2 Å². The molecule has 6 nitrogen and oxygen atoms in total. The van der Waals surface area contributed by atoms with E-state index in [2.05, 4.69) is 0 Å². The molecule has 0 N–H and O–H groups in total. The summed E-state index contributed by atoms with van der Waals surface area (Å²) in [7, 11) is 0. The summed E-state index contributed by atoms with van der Waals surface area (Å²) in [5, 5.41) is 10.7. The van der Waals surface area contributed by atoms with Crippen LogP contribution in [0.4, 0.5) is 5.69 Å². The molecule has 1 aliphatic rings. The van der Waals surface area contributed by atoms with Crippen LogP contribution in [0.25, 0.3) is 0 Å². The quantitative estimate of drug-likeness (QED) is 0.622. The third-order valence-electron chi connectivity index (χ3n) is 3.03. The van der Waals surface area contributed by atoms with Crippen molar-refractivity contribution in [2.24, 2.45) is 0 Å². The van der Waals surface area contributed by atoms with E-state index in [9.17, 15) is 14.9 Å². The van der Waals surface area contributed by atoms with Crippen LogP contribution in [0.3, 0.4) is 0 Å². The Kier molecular flexibility index (Phi) is 3.68. The van der Waals surface area contributed by atoms with Crippen LogP contribution in [0, 0.1) is 17.0 Å². The molecule has 1 unspecified atom stereocenters. The first-order chi connectivity index (χ1) is 8.50. The third-order valence-corrected chi connectivity index (χ3v) is 3.32. The second kappa shape index (κ2) is 5.07. The van der Waals surface area contributed by atoms with Gasteiger partial charge in [-0.2, -0.15) is 0 Å². The minimum atomic E-state index is -0.740. The van der Waals surface area contributed by atoms with E-state index in [1.165, 1.54) is 10.6 Å². The summed E-state index contributed by atoms with van der Waals surface area (Å²) in [5.41, 5.74) is -0.633. The molecule has 7 heteroatoms. The minimum Gasteiger partial charge on any atom is -0.376 e. The van der Waals surface area contributed by atoms with Crippen LogP contribution < -0.4 is 5.56 Å². The molecule has 0 amide bonds. The van der Waals surface area contributed by atoms with Gasteiger partial charge in [0.25, 0.3) is 0 Å². The summed E-state index contributed by atoms with van der Waals surface area (Å²) < 4.78 is 6.80. The Morgan fingerprint density at radius 1 is 1.67 bits per heavy atom. The highest BCUT2D eigenvalue weighted by Gasteiger charge is 2.24. The van der Waals surface area contributed by atoms with E-state index in [0.717, 1.165) is 12.8 Å². The molecule has 1 fully saturated rings. The first-order valence-electron chi connectivity index (χ1n) is 5.66. The zero-order valence-electron chi connectivity index (χ0n) is 9.89. The maximum absolute atomic E-state index is 12.0. The first-order valence-corrected chi connectivity index (χ1v) is 6.04. The molecule has 18 heavy (non-hydrogen) atoms. The van der Waals surface area contributed by atoms with Gasteiger partial charge in [-0.15, -0.1) is 0 Å². The molecule has 1 aliphatic heterocycles. The number of halogens is 1. The number of aromatic nitrogens is 1. The molecule has 1 aromatic heterocycles. The maximum Gasteiger partial charge on any atom is 0.352 e. The van der Waals surface area contributed by atoms with E-state index in [0.29, 0.717) is 18.8 Å². The van der Waals surface area contributed by atoms with Crippen LogP contribution in [0.5, 0.6) is 0 Å². The third kappa shape index (κ3) is 2.39. The number of nitro groups is 1. The van der Waals surface area contributed by atoms with Crippen molar-refractivity contribution in [2.75, 3.05) is 6.61 Å². The van der Waals surface area contributed by atoms with Crippen LogP contribution in [0.1, 0.15) is 18.5 Å². The molecule has 1 aromatic rings. The molecule has 1 atom stereocenters. The second-order valence-corrected chi connectivity index (χ2v) is 4.70. The highest BCUT2D eigenvalue weighted by atomic mass is 35.5. The Bertz CT molecular complexity index is 535. The van der Waals surface area contributed by atoms with Gasteiger partial charge < -0.3 is 9.30 Å². The number of aryl methyl sites for hydroxylation is 1. The number of hydrogen-bond acceptors (Lipinski definition) is 4. The average molecular weight is 273 g/mol. The molecule has 0 bridgehead atoms. The largest absolute Gasteiger partial charge is 0.376 e. The maximum atomic E-state index is 12.0. The fourth-order valence-electron chi connectivity index (χ4n) is 2.10. The van der Waals surface area contributed by atoms with Crippen LogP contribution in [-0.2, 0) is 11.3 Å². The van der Waals surface area contributed by atoms with Gasteiger partial charge in [-0.3, -0.25) is 14.9 Å². The number of hydrogen-bond donors (Lipinski definition) is 0. The standard InChI is InChI=1S/C11H13ClN2O4/c1-7-5-9(12)10(14(16)17)11(15)13(7)6-8-3-2-4-18-8/h5,8H,2-4,6H2,1H3. The number of rotatable bonds is 3. The van der Waals surface area contributed by atoms with Crippen LogP contribution >= 0.6 is 11.6 Å². The van der Waals surface area contributed by atoms with Crippen molar-refractivity contribution in [2.45, 2.75) is 32.4 Å². The lowest BCUT2D eigenvalue weighted by Gasteiger charge is -2.14. The Morgan fingerprint density at radius 2 is 2.39 bits per heavy atom. The normalized spacial score (nSPS) is 19.1. The molecule has 0 saturated carbocycles. The minimum absolute atomic E-state index is 0.0535. The predicted octanol–water partition coefficient (Wildman–Crippen LogP) is 1.90. The number of nitrogens with zero attached hydrogens (tertiary/aromatic N) is 2. The molecular weight excluding hydrogens is 260 g/mol. The summed E-state index contributed by atoms with van der Waals surface area (Å²) in [5.74, 6) is 0. The fourth-order valence-corrected chi connectivity index (χ4v) is 2.41. The Morgan fingerprint density at radius 3 is 2.94 bits per heavy atom. The molecule has 0 aliphatic carbocycles. The number of pyridine rings is 1. The van der Waals surface area contributed by atoms with Crippen molar-refractivity contribution in [3.63, 3.8) is 0 Å². The molecule has 0 spiro atoms. The van der Waals surface area contributed by atoms with Crippen molar-refractivity contribution in [3.8, 4) is 0 Å². The van der Waals surface area contributed by atoms with Gasteiger partial charge in [0.15, 0.2) is 0 Å². The second-order valence-electron chi connectivity index (χ2n) is 4.29. The van der Waals surface area contributed by atoms with Crippen LogP contribution in [0.15, 0.2) is 10.9 Å². The highest BCUT2D eigenvalue weighted by Crippen LogP contribution is 2.22. The van der Waals surface area contributed by atoms with Gasteiger partial charge >= 0.3 is 11.2 Å². The fraction of sp³-hybridized carbons (Fsp3) is 0.545. The van der Waals surface area contributed by atoms with Crippen LogP contribution in [0.2, 0.25) is 5.02 Å². The molecule has 0 radical (unpaired) electrons. The molecule has 0 aromatic carbocycles. The van der Waals surface area contributed by atoms with Crippen molar-refractivity contribution in [1.29, 1.82) is 0 Å². The summed E-state index contributed by atoms with van der Waals surface area (Å²) in [4.78, 5) is 22.1. The summed E-state index contributed by atoms with van der Waals surface area (Å²) in [6, 6.07) is 1.44. The Labute approximate surface area is 108 Å². The Hall–Kier alpha value is -1.40. The lowest BCUT2D eigenvalue weighted by Crippen LogP contribution is -2.29. The van der Waals surface area contributed by atoms with E-state index in [1.807, 2.05) is 0 Å². The smallest absolute Gasteiger partial charge is 0.352 e. The SMILES string of the molecule is Cc1cc(Cl)c([N+](=O)[O-])c(=O)n1CC1CCCO1. The van der Waals surface area contributed by atoms with E-state index in [-0.39, 0.29) is 11.1 Å². The predicted molar refractivity (Wildman–Crippen MR) is 66.1 cm³/mol. The molecule has 2 rings (SSSR count). The average Bonchev–Trinajstić information content (AvgIpc) is 2.75. The number of ether oxygens (including phenoxy) is 1. The zero-order chi connectivity index (χ0) is 13.3. The monoisotopic (exact) mass is 272 g/mol. The first kappa shape index (κ1) is 13.0. The van der Waals surface area contributed by atoms with Gasteiger partial charge in [-0.25, -0.2) is 0 Å². The summed E-state index contributed by atoms with van der Waals surface area (Å²) in [6.45, 7) is 2.71. The van der Waals surface area contributed by atoms with Gasteiger partial charge in [0.2, 0.25) is 0 Å². The molecule has 98 valence electrons. The van der Waals surface area contributed by atoms with E-state index in [4.69, 9.17) is 16.3 Å². The lowest BCUT2D eigenvalue weighted by molar-refractivity contribution is -0.386. The topological polar surface area (TPSA) is 74.4 Å². The molecule has 1 saturated heterocycles. The van der Waals surface area contributed by atoms with E-state index < -0.39 is 16.2 Å². The molecule has 2 heterocycles. The van der Waals surface area contributed by atoms with Crippen molar-refractivity contribution in [3.05, 3.63) is 37.3 Å². The van der Waals surface area contributed by atoms with Gasteiger partial charge in [0, 0.05) is 12.3 Å². The highest BCUT2D eigenvalue weighted by molar-refractivity contribution is 6.32. The van der Waals surface area contributed by atoms with E-state index >= 15 is 0 Å². The van der Waals surface area contributed by atoms with Crippen molar-refractivity contribution in [1.82, 2.24) is 4.57 Å². The Balaban J connectivity index is 2.43. The van der Waals surface area contributed by atoms with Gasteiger partial charge in [-0.1, -0.05) is 11.6 Å². The van der Waals surface area contributed by atoms with Crippen molar-refractivity contribution >= 4 is 17.3 Å². The lowest BCUT2D eigenvalue weighted by atomic mass is 10.2. The van der Waals surface area contributed by atoms with Gasteiger partial charge in [0.05, 0.1) is 17.6 Å². The molecular formula is C11H13ClN2O4. The van der Waals surface area contributed by atoms with Gasteiger partial charge in [0.1, 0.15) is 5.02 Å².